The Kier molecular flexibility index (Phi) is 6.32. The first-order valence-corrected chi connectivity index (χ1v) is 11.8. The summed E-state index contributed by atoms with van der Waals surface area (Å²) in [6.45, 7) is 2.94. The topological polar surface area (TPSA) is 120 Å². The largest absolute Gasteiger partial charge is 0.497 e. The molecule has 0 bridgehead atoms. The highest BCUT2D eigenvalue weighted by Gasteiger charge is 2.21. The van der Waals surface area contributed by atoms with Crippen molar-refractivity contribution in [1.82, 2.24) is 14.5 Å². The molecular formula is C26H26N4O6. The number of nitrogens with zero attached hydrogens (tertiary/aromatic N) is 3. The maximum atomic E-state index is 13.0. The van der Waals surface area contributed by atoms with Gasteiger partial charge in [-0.05, 0) is 68.7 Å². The number of hydrogen-bond acceptors (Lipinski definition) is 7. The van der Waals surface area contributed by atoms with Crippen molar-refractivity contribution in [3.05, 3.63) is 64.5 Å². The highest BCUT2D eigenvalue weighted by Crippen LogP contribution is 2.25. The van der Waals surface area contributed by atoms with Gasteiger partial charge >= 0.3 is 5.76 Å². The highest BCUT2D eigenvalue weighted by atomic mass is 16.5. The lowest BCUT2D eigenvalue weighted by Crippen LogP contribution is -2.39. The Hall–Kier alpha value is -4.34. The number of aryl methyl sites for hydroxylation is 1. The SMILES string of the molecule is COc1ccc(-c2nc(C(=O)Nc3ccc4oc(=O)n(CC(=O)N5CCCCC5)c4c3)c(C)o2)cc1. The fourth-order valence-electron chi connectivity index (χ4n) is 4.32. The summed E-state index contributed by atoms with van der Waals surface area (Å²) in [4.78, 5) is 44.3. The van der Waals surface area contributed by atoms with E-state index >= 15 is 0 Å². The van der Waals surface area contributed by atoms with Gasteiger partial charge in [0.1, 0.15) is 18.1 Å². The van der Waals surface area contributed by atoms with Crippen LogP contribution in [0, 0.1) is 6.92 Å². The molecule has 186 valence electrons. The third kappa shape index (κ3) is 4.61. The molecule has 0 radical (unpaired) electrons. The zero-order valence-corrected chi connectivity index (χ0v) is 20.1. The molecule has 10 nitrogen and oxygen atoms in total. The number of likely N-dealkylation sites (tertiary alicyclic amines) is 1. The predicted molar refractivity (Wildman–Crippen MR) is 132 cm³/mol. The van der Waals surface area contributed by atoms with E-state index in [0.717, 1.165) is 19.3 Å². The molecule has 1 aliphatic rings. The summed E-state index contributed by atoms with van der Waals surface area (Å²) in [7, 11) is 1.58. The summed E-state index contributed by atoms with van der Waals surface area (Å²) in [5, 5.41) is 2.79. The van der Waals surface area contributed by atoms with E-state index in [2.05, 4.69) is 10.3 Å². The zero-order chi connectivity index (χ0) is 25.2. The first-order chi connectivity index (χ1) is 17.4. The van der Waals surface area contributed by atoms with Gasteiger partial charge in [0, 0.05) is 24.3 Å². The van der Waals surface area contributed by atoms with E-state index in [-0.39, 0.29) is 18.1 Å². The van der Waals surface area contributed by atoms with Gasteiger partial charge in [-0.15, -0.1) is 0 Å². The number of aromatic nitrogens is 2. The molecule has 0 atom stereocenters. The summed E-state index contributed by atoms with van der Waals surface area (Å²) in [5.74, 6) is 0.179. The smallest absolute Gasteiger partial charge is 0.420 e. The van der Waals surface area contributed by atoms with Gasteiger partial charge in [-0.1, -0.05) is 0 Å². The Morgan fingerprint density at radius 1 is 1.06 bits per heavy atom. The molecule has 5 rings (SSSR count). The van der Waals surface area contributed by atoms with E-state index in [9.17, 15) is 14.4 Å². The van der Waals surface area contributed by atoms with Crippen LogP contribution < -0.4 is 15.8 Å². The lowest BCUT2D eigenvalue weighted by atomic mass is 10.1. The van der Waals surface area contributed by atoms with Crippen molar-refractivity contribution in [3.8, 4) is 17.2 Å². The van der Waals surface area contributed by atoms with Gasteiger partial charge in [-0.25, -0.2) is 9.78 Å². The van der Waals surface area contributed by atoms with Crippen LogP contribution in [0.1, 0.15) is 35.5 Å². The van der Waals surface area contributed by atoms with Crippen LogP contribution in [0.15, 0.2) is 56.1 Å². The Labute approximate surface area is 206 Å². The predicted octanol–water partition coefficient (Wildman–Crippen LogP) is 3.83. The first-order valence-electron chi connectivity index (χ1n) is 11.8. The molecule has 2 amide bonds. The molecule has 0 aliphatic carbocycles. The second kappa shape index (κ2) is 9.73. The molecule has 0 unspecified atom stereocenters. The number of fused-ring (bicyclic) bond motifs is 1. The van der Waals surface area contributed by atoms with Crippen LogP contribution in [0.3, 0.4) is 0 Å². The first kappa shape index (κ1) is 23.4. The lowest BCUT2D eigenvalue weighted by Gasteiger charge is -2.26. The molecule has 1 N–H and O–H groups in total. The van der Waals surface area contributed by atoms with E-state index < -0.39 is 11.7 Å². The van der Waals surface area contributed by atoms with Gasteiger partial charge in [-0.2, -0.15) is 0 Å². The molecule has 1 fully saturated rings. The van der Waals surface area contributed by atoms with Crippen LogP contribution in [0.25, 0.3) is 22.6 Å². The van der Waals surface area contributed by atoms with Crippen molar-refractivity contribution in [1.29, 1.82) is 0 Å². The number of carbonyl (C=O) groups excluding carboxylic acids is 2. The van der Waals surface area contributed by atoms with Crippen molar-refractivity contribution in [3.63, 3.8) is 0 Å². The summed E-state index contributed by atoms with van der Waals surface area (Å²) in [5.41, 5.74) is 2.05. The number of carbonyl (C=O) groups is 2. The monoisotopic (exact) mass is 490 g/mol. The second-order valence-electron chi connectivity index (χ2n) is 8.68. The minimum absolute atomic E-state index is 0.114. The van der Waals surface area contributed by atoms with Gasteiger partial charge in [0.25, 0.3) is 5.91 Å². The number of nitrogens with one attached hydrogen (secondary N) is 1. The molecule has 1 aliphatic heterocycles. The molecule has 4 aromatic rings. The molecule has 3 heterocycles. The van der Waals surface area contributed by atoms with Gasteiger partial charge in [0.15, 0.2) is 11.3 Å². The number of anilines is 1. The minimum Gasteiger partial charge on any atom is -0.497 e. The molecule has 2 aromatic carbocycles. The fourth-order valence-corrected chi connectivity index (χ4v) is 4.32. The Morgan fingerprint density at radius 3 is 2.53 bits per heavy atom. The van der Waals surface area contributed by atoms with Crippen LogP contribution in [0.2, 0.25) is 0 Å². The molecule has 0 saturated carbocycles. The summed E-state index contributed by atoms with van der Waals surface area (Å²) >= 11 is 0. The number of ether oxygens (including phenoxy) is 1. The lowest BCUT2D eigenvalue weighted by molar-refractivity contribution is -0.132. The number of amides is 2. The van der Waals surface area contributed by atoms with E-state index in [1.54, 1.807) is 61.4 Å². The summed E-state index contributed by atoms with van der Waals surface area (Å²) < 4.78 is 17.5. The normalized spacial score (nSPS) is 13.7. The van der Waals surface area contributed by atoms with Crippen molar-refractivity contribution in [2.75, 3.05) is 25.5 Å². The van der Waals surface area contributed by atoms with Gasteiger partial charge in [0.2, 0.25) is 11.8 Å². The van der Waals surface area contributed by atoms with Crippen molar-refractivity contribution < 1.29 is 23.2 Å². The van der Waals surface area contributed by atoms with E-state index in [4.69, 9.17) is 13.6 Å². The summed E-state index contributed by atoms with van der Waals surface area (Å²) in [6, 6.07) is 12.0. The summed E-state index contributed by atoms with van der Waals surface area (Å²) in [6.07, 6.45) is 3.03. The van der Waals surface area contributed by atoms with Gasteiger partial charge in [-0.3, -0.25) is 14.2 Å². The molecule has 10 heteroatoms. The van der Waals surface area contributed by atoms with Crippen LogP contribution in [-0.4, -0.2) is 46.5 Å². The number of rotatable bonds is 6. The standard InChI is InChI=1S/C26H26N4O6/c1-16-23(28-25(35-16)17-6-9-19(34-2)10-7-17)24(32)27-18-8-11-21-20(14-18)30(26(33)36-21)15-22(31)29-12-4-3-5-13-29/h6-11,14H,3-5,12-13,15H2,1-2H3,(H,27,32). The minimum atomic E-state index is -0.615. The van der Waals surface area contributed by atoms with Crippen molar-refractivity contribution in [2.45, 2.75) is 32.7 Å². The van der Waals surface area contributed by atoms with E-state index in [1.807, 2.05) is 0 Å². The number of oxazole rings is 2. The third-order valence-corrected chi connectivity index (χ3v) is 6.28. The molecular weight excluding hydrogens is 464 g/mol. The zero-order valence-electron chi connectivity index (χ0n) is 20.1. The Morgan fingerprint density at radius 2 is 1.81 bits per heavy atom. The van der Waals surface area contributed by atoms with Gasteiger partial charge in [0.05, 0.1) is 12.6 Å². The average Bonchev–Trinajstić information content (AvgIpc) is 3.44. The van der Waals surface area contributed by atoms with Crippen molar-refractivity contribution >= 4 is 28.6 Å². The number of piperidine rings is 1. The Bertz CT molecular complexity index is 1470. The van der Waals surface area contributed by atoms with Crippen LogP contribution >= 0.6 is 0 Å². The highest BCUT2D eigenvalue weighted by molar-refractivity contribution is 6.04. The van der Waals surface area contributed by atoms with Crippen LogP contribution in [-0.2, 0) is 11.3 Å². The van der Waals surface area contributed by atoms with Crippen molar-refractivity contribution in [2.24, 2.45) is 0 Å². The van der Waals surface area contributed by atoms with Crippen LogP contribution in [0.4, 0.5) is 5.69 Å². The number of hydrogen-bond donors (Lipinski definition) is 1. The van der Waals surface area contributed by atoms with E-state index in [0.29, 0.717) is 52.8 Å². The number of benzene rings is 2. The average molecular weight is 491 g/mol. The van der Waals surface area contributed by atoms with Gasteiger partial charge < -0.3 is 23.8 Å². The number of methoxy groups -OCH3 is 1. The molecule has 2 aromatic heterocycles. The van der Waals surface area contributed by atoms with Crippen LogP contribution in [0.5, 0.6) is 5.75 Å². The Balaban J connectivity index is 1.36. The maximum Gasteiger partial charge on any atom is 0.420 e. The fraction of sp³-hybridized carbons (Fsp3) is 0.308. The second-order valence-corrected chi connectivity index (χ2v) is 8.68. The molecule has 0 spiro atoms. The maximum absolute atomic E-state index is 13.0. The molecule has 1 saturated heterocycles. The quantitative estimate of drug-likeness (QED) is 0.436. The third-order valence-electron chi connectivity index (χ3n) is 6.28. The van der Waals surface area contributed by atoms with E-state index in [1.165, 1.54) is 4.57 Å². The molecule has 36 heavy (non-hydrogen) atoms.